The third-order valence-corrected chi connectivity index (χ3v) is 3.13. The van der Waals surface area contributed by atoms with Crippen LogP contribution in [0.5, 0.6) is 0 Å². The van der Waals surface area contributed by atoms with Gasteiger partial charge in [-0.25, -0.2) is 0 Å². The zero-order valence-electron chi connectivity index (χ0n) is 8.55. The van der Waals surface area contributed by atoms with Gasteiger partial charge in [-0.15, -0.1) is 11.3 Å². The van der Waals surface area contributed by atoms with Crippen LogP contribution in [0.15, 0.2) is 29.8 Å². The normalized spacial score (nSPS) is 12.7. The van der Waals surface area contributed by atoms with Crippen molar-refractivity contribution in [3.8, 4) is 0 Å². The molecule has 80 valence electrons. The largest absolute Gasteiger partial charge is 0.367 e. The van der Waals surface area contributed by atoms with Crippen molar-refractivity contribution in [3.05, 3.63) is 34.7 Å². The van der Waals surface area contributed by atoms with E-state index in [1.54, 1.807) is 16.0 Å². The van der Waals surface area contributed by atoms with E-state index >= 15 is 0 Å². The minimum Gasteiger partial charge on any atom is -0.367 e. The summed E-state index contributed by atoms with van der Waals surface area (Å²) >= 11 is 1.68. The minimum atomic E-state index is 0.0343. The van der Waals surface area contributed by atoms with Gasteiger partial charge in [0.1, 0.15) is 5.82 Å². The Balaban J connectivity index is 1.88. The lowest BCUT2D eigenvalue weighted by molar-refractivity contribution is 0.750. The molecule has 0 saturated carbocycles. The molecule has 1 unspecified atom stereocenters. The number of hydrogen-bond acceptors (Lipinski definition) is 4. The number of nitrogens with one attached hydrogen (secondary N) is 1. The summed E-state index contributed by atoms with van der Waals surface area (Å²) in [6.07, 6.45) is 1.90. The molecule has 1 atom stereocenters. The van der Waals surface area contributed by atoms with Crippen LogP contribution >= 0.6 is 11.3 Å². The lowest BCUT2D eigenvalue weighted by Crippen LogP contribution is -2.19. The molecule has 3 N–H and O–H groups in total. The Bertz CT molecular complexity index is 407. The van der Waals surface area contributed by atoms with Crippen molar-refractivity contribution < 1.29 is 0 Å². The highest BCUT2D eigenvalue weighted by Crippen LogP contribution is 2.16. The number of aromatic nitrogens is 2. The number of nitrogens with zero attached hydrogens (tertiary/aromatic N) is 2. The van der Waals surface area contributed by atoms with Crippen molar-refractivity contribution in [1.82, 2.24) is 9.78 Å². The average molecular weight is 222 g/mol. The molecule has 2 aromatic rings. The zero-order chi connectivity index (χ0) is 10.7. The van der Waals surface area contributed by atoms with Crippen molar-refractivity contribution in [2.45, 2.75) is 6.04 Å². The number of anilines is 1. The van der Waals surface area contributed by atoms with Crippen LogP contribution in [-0.2, 0) is 7.05 Å². The van der Waals surface area contributed by atoms with E-state index in [-0.39, 0.29) is 6.04 Å². The van der Waals surface area contributed by atoms with E-state index in [1.807, 2.05) is 30.8 Å². The van der Waals surface area contributed by atoms with E-state index in [2.05, 4.69) is 16.5 Å². The van der Waals surface area contributed by atoms with Gasteiger partial charge < -0.3 is 11.1 Å². The number of hydrogen-bond donors (Lipinski definition) is 2. The summed E-state index contributed by atoms with van der Waals surface area (Å²) in [5, 5.41) is 9.46. The maximum absolute atomic E-state index is 6.01. The quantitative estimate of drug-likeness (QED) is 0.826. The Morgan fingerprint density at radius 2 is 2.47 bits per heavy atom. The zero-order valence-corrected chi connectivity index (χ0v) is 9.37. The molecule has 0 aliphatic carbocycles. The van der Waals surface area contributed by atoms with Gasteiger partial charge in [-0.2, -0.15) is 5.10 Å². The molecule has 15 heavy (non-hydrogen) atoms. The summed E-state index contributed by atoms with van der Waals surface area (Å²) in [6.45, 7) is 0.706. The standard InChI is InChI=1S/C10H14N4S/c1-14-5-4-10(13-14)12-7-8(11)9-3-2-6-15-9/h2-6,8H,7,11H2,1H3,(H,12,13). The number of thiophene rings is 1. The van der Waals surface area contributed by atoms with Gasteiger partial charge in [-0.05, 0) is 11.4 Å². The number of rotatable bonds is 4. The van der Waals surface area contributed by atoms with E-state index in [0.717, 1.165) is 5.82 Å². The van der Waals surface area contributed by atoms with Gasteiger partial charge in [0.2, 0.25) is 0 Å². The minimum absolute atomic E-state index is 0.0343. The van der Waals surface area contributed by atoms with Crippen molar-refractivity contribution in [2.24, 2.45) is 12.8 Å². The fraction of sp³-hybridized carbons (Fsp3) is 0.300. The summed E-state index contributed by atoms with van der Waals surface area (Å²) in [6, 6.07) is 6.03. The molecule has 4 nitrogen and oxygen atoms in total. The van der Waals surface area contributed by atoms with Crippen molar-refractivity contribution in [2.75, 3.05) is 11.9 Å². The van der Waals surface area contributed by atoms with Gasteiger partial charge in [0, 0.05) is 30.7 Å². The van der Waals surface area contributed by atoms with E-state index in [4.69, 9.17) is 5.73 Å². The third kappa shape index (κ3) is 2.57. The number of nitrogens with two attached hydrogens (primary N) is 1. The molecule has 0 bridgehead atoms. The van der Waals surface area contributed by atoms with Crippen LogP contribution in [0.4, 0.5) is 5.82 Å². The molecule has 2 aromatic heterocycles. The van der Waals surface area contributed by atoms with Crippen LogP contribution in [0, 0.1) is 0 Å². The lowest BCUT2D eigenvalue weighted by atomic mass is 10.2. The van der Waals surface area contributed by atoms with Crippen LogP contribution in [0.25, 0.3) is 0 Å². The summed E-state index contributed by atoms with van der Waals surface area (Å²) in [7, 11) is 1.89. The van der Waals surface area contributed by atoms with Gasteiger partial charge in [-0.1, -0.05) is 6.07 Å². The van der Waals surface area contributed by atoms with E-state index in [9.17, 15) is 0 Å². The second-order valence-electron chi connectivity index (χ2n) is 3.38. The van der Waals surface area contributed by atoms with Crippen LogP contribution < -0.4 is 11.1 Å². The Hall–Kier alpha value is -1.33. The second kappa shape index (κ2) is 4.46. The summed E-state index contributed by atoms with van der Waals surface area (Å²) in [5.74, 6) is 0.865. The van der Waals surface area contributed by atoms with Crippen molar-refractivity contribution >= 4 is 17.2 Å². The molecule has 0 spiro atoms. The Labute approximate surface area is 92.7 Å². The predicted octanol–water partition coefficient (Wildman–Crippen LogP) is 1.59. The first-order valence-electron chi connectivity index (χ1n) is 4.78. The molecule has 0 saturated heterocycles. The van der Waals surface area contributed by atoms with Crippen LogP contribution in [-0.4, -0.2) is 16.3 Å². The molecular weight excluding hydrogens is 208 g/mol. The van der Waals surface area contributed by atoms with E-state index in [1.165, 1.54) is 4.88 Å². The lowest BCUT2D eigenvalue weighted by Gasteiger charge is -2.09. The Morgan fingerprint density at radius 1 is 1.60 bits per heavy atom. The van der Waals surface area contributed by atoms with Crippen LogP contribution in [0.2, 0.25) is 0 Å². The first-order valence-corrected chi connectivity index (χ1v) is 5.66. The average Bonchev–Trinajstić information content (AvgIpc) is 2.84. The van der Waals surface area contributed by atoms with Gasteiger partial charge in [0.25, 0.3) is 0 Å². The fourth-order valence-electron chi connectivity index (χ4n) is 1.33. The highest BCUT2D eigenvalue weighted by atomic mass is 32.1. The van der Waals surface area contributed by atoms with Crippen LogP contribution in [0.3, 0.4) is 0 Å². The number of aryl methyl sites for hydroxylation is 1. The molecule has 2 heterocycles. The fourth-order valence-corrected chi connectivity index (χ4v) is 2.06. The highest BCUT2D eigenvalue weighted by molar-refractivity contribution is 7.10. The van der Waals surface area contributed by atoms with E-state index in [0.29, 0.717) is 6.54 Å². The first-order chi connectivity index (χ1) is 7.25. The molecule has 0 amide bonds. The predicted molar refractivity (Wildman–Crippen MR) is 62.9 cm³/mol. The molecule has 0 aliphatic rings. The molecule has 0 aromatic carbocycles. The summed E-state index contributed by atoms with van der Waals surface area (Å²) in [4.78, 5) is 1.19. The Morgan fingerprint density at radius 3 is 3.07 bits per heavy atom. The molecule has 0 radical (unpaired) electrons. The third-order valence-electron chi connectivity index (χ3n) is 2.13. The molecule has 0 fully saturated rings. The van der Waals surface area contributed by atoms with Gasteiger partial charge in [0.05, 0.1) is 6.04 Å². The molecule has 2 rings (SSSR count). The van der Waals surface area contributed by atoms with Crippen molar-refractivity contribution in [1.29, 1.82) is 0 Å². The molecule has 5 heteroatoms. The Kier molecular flexibility index (Phi) is 3.03. The van der Waals surface area contributed by atoms with Gasteiger partial charge in [-0.3, -0.25) is 4.68 Å². The van der Waals surface area contributed by atoms with Gasteiger partial charge >= 0.3 is 0 Å². The van der Waals surface area contributed by atoms with Gasteiger partial charge in [0.15, 0.2) is 0 Å². The topological polar surface area (TPSA) is 55.9 Å². The molecule has 0 aliphatic heterocycles. The smallest absolute Gasteiger partial charge is 0.148 e. The summed E-state index contributed by atoms with van der Waals surface area (Å²) < 4.78 is 1.76. The highest BCUT2D eigenvalue weighted by Gasteiger charge is 2.06. The molecular formula is C10H14N4S. The van der Waals surface area contributed by atoms with E-state index < -0.39 is 0 Å². The first kappa shape index (κ1) is 10.2. The maximum atomic E-state index is 6.01. The SMILES string of the molecule is Cn1ccc(NCC(N)c2cccs2)n1. The maximum Gasteiger partial charge on any atom is 0.148 e. The monoisotopic (exact) mass is 222 g/mol. The second-order valence-corrected chi connectivity index (χ2v) is 4.36. The summed E-state index contributed by atoms with van der Waals surface area (Å²) in [5.41, 5.74) is 6.01. The van der Waals surface area contributed by atoms with Crippen LogP contribution in [0.1, 0.15) is 10.9 Å². The van der Waals surface area contributed by atoms with Crippen molar-refractivity contribution in [3.63, 3.8) is 0 Å².